The highest BCUT2D eigenvalue weighted by atomic mass is 14.5. The summed E-state index contributed by atoms with van der Waals surface area (Å²) in [6, 6.07) is 6.50. The molecule has 0 aromatic heterocycles. The fourth-order valence-corrected chi connectivity index (χ4v) is 0.891. The minimum Gasteiger partial charge on any atom is -0.403 e. The number of allylic oxidation sites excluding steroid dienone is 1. The van der Waals surface area contributed by atoms with Crippen LogP contribution in [0.4, 0.5) is 0 Å². The van der Waals surface area contributed by atoms with Crippen LogP contribution in [0.15, 0.2) is 30.5 Å². The largest absolute Gasteiger partial charge is 0.403 e. The van der Waals surface area contributed by atoms with E-state index in [1.54, 1.807) is 6.92 Å². The molecular formula is C12H19N. The molecule has 0 aliphatic heterocycles. The Hall–Kier alpha value is -1.24. The molecule has 1 heteroatoms. The van der Waals surface area contributed by atoms with E-state index in [0.717, 1.165) is 0 Å². The number of nitrogens with two attached hydrogens (primary N) is 1. The maximum atomic E-state index is 4.92. The molecule has 2 N–H and O–H groups in total. The Bertz CT molecular complexity index is 283. The third-order valence-electron chi connectivity index (χ3n) is 1.66. The molecule has 72 valence electrons. The smallest absolute Gasteiger partial charge is 0.00242 e. The molecule has 13 heavy (non-hydrogen) atoms. The molecule has 1 nitrogen and oxygen atoms in total. The molecule has 0 atom stereocenters. The van der Waals surface area contributed by atoms with Gasteiger partial charge in [-0.2, -0.15) is 0 Å². The first-order valence-electron chi connectivity index (χ1n) is 4.38. The lowest BCUT2D eigenvalue weighted by atomic mass is 10.1. The summed E-state index contributed by atoms with van der Waals surface area (Å²) < 4.78 is 0. The van der Waals surface area contributed by atoms with E-state index in [9.17, 15) is 0 Å². The van der Waals surface area contributed by atoms with E-state index in [2.05, 4.69) is 45.5 Å². The second kappa shape index (κ2) is 5.41. The van der Waals surface area contributed by atoms with Gasteiger partial charge in [-0.25, -0.2) is 0 Å². The highest BCUT2D eigenvalue weighted by Gasteiger charge is 1.89. The highest BCUT2D eigenvalue weighted by molar-refractivity contribution is 5.28. The number of hydrogen-bond acceptors (Lipinski definition) is 1. The number of aryl methyl sites for hydroxylation is 3. The van der Waals surface area contributed by atoms with Crippen LogP contribution in [0.5, 0.6) is 0 Å². The lowest BCUT2D eigenvalue weighted by molar-refractivity contribution is 1.30. The van der Waals surface area contributed by atoms with Crippen molar-refractivity contribution in [3.8, 4) is 0 Å². The fourth-order valence-electron chi connectivity index (χ4n) is 0.891. The molecule has 1 aromatic carbocycles. The molecule has 1 rings (SSSR count). The van der Waals surface area contributed by atoms with E-state index in [4.69, 9.17) is 5.73 Å². The Morgan fingerprint density at radius 3 is 1.92 bits per heavy atom. The summed E-state index contributed by atoms with van der Waals surface area (Å²) in [6.07, 6.45) is 0. The van der Waals surface area contributed by atoms with Crippen LogP contribution >= 0.6 is 0 Å². The summed E-state index contributed by atoms with van der Waals surface area (Å²) in [5, 5.41) is 0. The van der Waals surface area contributed by atoms with Crippen molar-refractivity contribution in [3.63, 3.8) is 0 Å². The van der Waals surface area contributed by atoms with Crippen LogP contribution in [0, 0.1) is 20.8 Å². The van der Waals surface area contributed by atoms with E-state index in [-0.39, 0.29) is 0 Å². The minimum atomic E-state index is 0.667. The van der Waals surface area contributed by atoms with E-state index in [1.165, 1.54) is 16.7 Å². The van der Waals surface area contributed by atoms with Gasteiger partial charge in [0, 0.05) is 0 Å². The van der Waals surface area contributed by atoms with Gasteiger partial charge < -0.3 is 5.73 Å². The van der Waals surface area contributed by atoms with E-state index in [1.807, 2.05) is 0 Å². The summed E-state index contributed by atoms with van der Waals surface area (Å²) in [7, 11) is 0. The first-order chi connectivity index (χ1) is 5.93. The summed E-state index contributed by atoms with van der Waals surface area (Å²) in [6.45, 7) is 11.5. The molecule has 0 saturated heterocycles. The summed E-state index contributed by atoms with van der Waals surface area (Å²) >= 11 is 0. The van der Waals surface area contributed by atoms with Gasteiger partial charge in [-0.15, -0.1) is 0 Å². The van der Waals surface area contributed by atoms with Crippen LogP contribution in [0.3, 0.4) is 0 Å². The molecule has 0 aliphatic carbocycles. The summed E-state index contributed by atoms with van der Waals surface area (Å²) in [5.41, 5.74) is 9.69. The van der Waals surface area contributed by atoms with Crippen LogP contribution in [0.2, 0.25) is 0 Å². The van der Waals surface area contributed by atoms with Gasteiger partial charge in [-0.3, -0.25) is 0 Å². The summed E-state index contributed by atoms with van der Waals surface area (Å²) in [5.74, 6) is 0. The van der Waals surface area contributed by atoms with Crippen molar-refractivity contribution >= 4 is 0 Å². The normalized spacial score (nSPS) is 8.62. The molecule has 0 bridgehead atoms. The molecule has 0 radical (unpaired) electrons. The molecule has 0 amide bonds. The molecular weight excluding hydrogens is 158 g/mol. The van der Waals surface area contributed by atoms with Crippen LogP contribution in [0.1, 0.15) is 23.6 Å². The zero-order valence-corrected chi connectivity index (χ0v) is 9.02. The first-order valence-corrected chi connectivity index (χ1v) is 4.38. The van der Waals surface area contributed by atoms with Gasteiger partial charge in [0.25, 0.3) is 0 Å². The Morgan fingerprint density at radius 2 is 1.62 bits per heavy atom. The summed E-state index contributed by atoms with van der Waals surface area (Å²) in [4.78, 5) is 0. The standard InChI is InChI=1S/C9H12.C3H7N/c1-7-4-5-8(2)9(3)6-7;1-3(2)4/h4-6H,1-3H3;1,4H2,2H3. The maximum absolute atomic E-state index is 4.92. The van der Waals surface area contributed by atoms with Gasteiger partial charge in [0.2, 0.25) is 0 Å². The van der Waals surface area contributed by atoms with E-state index >= 15 is 0 Å². The van der Waals surface area contributed by atoms with Crippen molar-refractivity contribution in [2.75, 3.05) is 0 Å². The lowest BCUT2D eigenvalue weighted by Crippen LogP contribution is -1.83. The zero-order chi connectivity index (χ0) is 10.4. The molecule has 0 fully saturated rings. The third kappa shape index (κ3) is 5.97. The van der Waals surface area contributed by atoms with Crippen molar-refractivity contribution in [2.24, 2.45) is 5.73 Å². The predicted molar refractivity (Wildman–Crippen MR) is 59.7 cm³/mol. The molecule has 0 spiro atoms. The van der Waals surface area contributed by atoms with Crippen molar-refractivity contribution in [1.29, 1.82) is 0 Å². The number of benzene rings is 1. The fraction of sp³-hybridized carbons (Fsp3) is 0.333. The second-order valence-corrected chi connectivity index (χ2v) is 3.43. The Labute approximate surface area is 81.3 Å². The monoisotopic (exact) mass is 177 g/mol. The van der Waals surface area contributed by atoms with Gasteiger partial charge in [0.05, 0.1) is 0 Å². The van der Waals surface area contributed by atoms with Crippen LogP contribution in [-0.2, 0) is 0 Å². The van der Waals surface area contributed by atoms with Crippen molar-refractivity contribution in [2.45, 2.75) is 27.7 Å². The van der Waals surface area contributed by atoms with Crippen molar-refractivity contribution in [1.82, 2.24) is 0 Å². The Kier molecular flexibility index (Phi) is 4.90. The molecule has 0 unspecified atom stereocenters. The zero-order valence-electron chi connectivity index (χ0n) is 9.02. The average Bonchev–Trinajstić information content (AvgIpc) is 1.96. The van der Waals surface area contributed by atoms with Gasteiger partial charge in [-0.1, -0.05) is 30.3 Å². The maximum Gasteiger partial charge on any atom is -0.00242 e. The van der Waals surface area contributed by atoms with Gasteiger partial charge in [-0.05, 0) is 44.5 Å². The Balaban J connectivity index is 0.000000310. The van der Waals surface area contributed by atoms with Gasteiger partial charge >= 0.3 is 0 Å². The van der Waals surface area contributed by atoms with E-state index < -0.39 is 0 Å². The third-order valence-corrected chi connectivity index (χ3v) is 1.66. The average molecular weight is 177 g/mol. The second-order valence-electron chi connectivity index (χ2n) is 3.43. The topological polar surface area (TPSA) is 26.0 Å². The minimum absolute atomic E-state index is 0.667. The number of rotatable bonds is 0. The van der Waals surface area contributed by atoms with Crippen LogP contribution in [-0.4, -0.2) is 0 Å². The molecule has 0 heterocycles. The lowest BCUT2D eigenvalue weighted by Gasteiger charge is -1.98. The molecule has 0 saturated carbocycles. The number of hydrogen-bond donors (Lipinski definition) is 1. The first kappa shape index (κ1) is 11.8. The quantitative estimate of drug-likeness (QED) is 0.647. The van der Waals surface area contributed by atoms with Crippen LogP contribution < -0.4 is 5.73 Å². The molecule has 0 aliphatic rings. The van der Waals surface area contributed by atoms with E-state index in [0.29, 0.717) is 5.70 Å². The van der Waals surface area contributed by atoms with Gasteiger partial charge in [0.15, 0.2) is 0 Å². The van der Waals surface area contributed by atoms with Crippen molar-refractivity contribution in [3.05, 3.63) is 47.2 Å². The molecule has 1 aromatic rings. The predicted octanol–water partition coefficient (Wildman–Crippen LogP) is 3.09. The van der Waals surface area contributed by atoms with Gasteiger partial charge in [0.1, 0.15) is 0 Å². The van der Waals surface area contributed by atoms with Crippen LogP contribution in [0.25, 0.3) is 0 Å². The van der Waals surface area contributed by atoms with Crippen molar-refractivity contribution < 1.29 is 0 Å². The Morgan fingerprint density at radius 1 is 1.15 bits per heavy atom. The highest BCUT2D eigenvalue weighted by Crippen LogP contribution is 2.07. The SMILES string of the molecule is C=C(C)N.Cc1ccc(C)c(C)c1.